The van der Waals surface area contributed by atoms with Gasteiger partial charge in [-0.25, -0.2) is 4.98 Å². The Labute approximate surface area is 136 Å². The van der Waals surface area contributed by atoms with Crippen molar-refractivity contribution in [2.24, 2.45) is 0 Å². The molecule has 7 heteroatoms. The molecule has 110 valence electrons. The topological polar surface area (TPSA) is 73.9 Å². The zero-order chi connectivity index (χ0) is 15.3. The fourth-order valence-corrected chi connectivity index (χ4v) is 3.35. The molecule has 1 aromatic heterocycles. The van der Waals surface area contributed by atoms with Gasteiger partial charge in [0.2, 0.25) is 5.95 Å². The molecule has 0 amide bonds. The highest BCUT2D eigenvalue weighted by atomic mass is 35.5. The van der Waals surface area contributed by atoms with Crippen LogP contribution in [0.3, 0.4) is 0 Å². The third-order valence-electron chi connectivity index (χ3n) is 3.66. The van der Waals surface area contributed by atoms with Crippen LogP contribution < -0.4 is 5.73 Å². The molecule has 22 heavy (non-hydrogen) atoms. The van der Waals surface area contributed by atoms with Crippen LogP contribution in [0, 0.1) is 0 Å². The average molecular weight is 331 g/mol. The van der Waals surface area contributed by atoms with Gasteiger partial charge in [-0.3, -0.25) is 0 Å². The maximum atomic E-state index is 6.48. The highest BCUT2D eigenvalue weighted by Gasteiger charge is 2.20. The molecule has 0 fully saturated rings. The normalized spacial score (nSPS) is 13.5. The van der Waals surface area contributed by atoms with E-state index in [4.69, 9.17) is 22.1 Å². The first-order valence-corrected chi connectivity index (χ1v) is 7.47. The summed E-state index contributed by atoms with van der Waals surface area (Å²) in [5.74, 6) is 0.549. The zero-order valence-electron chi connectivity index (χ0n) is 11.4. The highest BCUT2D eigenvalue weighted by Crippen LogP contribution is 2.39. The molecule has 4 rings (SSSR count). The molecule has 0 atom stereocenters. The largest absolute Gasteiger partial charge is 0.372 e. The van der Waals surface area contributed by atoms with Crippen LogP contribution in [-0.2, 0) is 18.0 Å². The van der Waals surface area contributed by atoms with Gasteiger partial charge in [-0.2, -0.15) is 9.97 Å². The number of nitrogens with two attached hydrogens (primary N) is 1. The van der Waals surface area contributed by atoms with E-state index in [2.05, 4.69) is 33.6 Å². The van der Waals surface area contributed by atoms with Gasteiger partial charge in [0, 0.05) is 5.56 Å². The van der Waals surface area contributed by atoms with Gasteiger partial charge in [-0.15, -0.1) is 12.6 Å². The van der Waals surface area contributed by atoms with Crippen molar-refractivity contribution in [3.8, 4) is 11.4 Å². The molecule has 5 nitrogen and oxygen atoms in total. The molecule has 0 spiro atoms. The number of nitrogen functional groups attached to an aromatic ring is 1. The Morgan fingerprint density at radius 1 is 1.14 bits per heavy atom. The fraction of sp³-hybridized carbons (Fsp3) is 0.133. The Hall–Kier alpha value is -1.89. The van der Waals surface area contributed by atoms with E-state index < -0.39 is 0 Å². The van der Waals surface area contributed by atoms with Crippen molar-refractivity contribution in [3.05, 3.63) is 40.4 Å². The van der Waals surface area contributed by atoms with Gasteiger partial charge in [-0.1, -0.05) is 29.8 Å². The molecule has 2 aromatic carbocycles. The standard InChI is InChI=1S/C15H11ClN4OS/c16-10-4-8-6-21-5-7-2-1-3-9(11(7)8)12(10)13-18-14(17)20-15(22)19-13/h1-4H,5-6H2,(H3,17,18,19,20,22). The van der Waals surface area contributed by atoms with Gasteiger partial charge in [0.1, 0.15) is 0 Å². The second kappa shape index (κ2) is 5.08. The summed E-state index contributed by atoms with van der Waals surface area (Å²) in [6.07, 6.45) is 0. The maximum Gasteiger partial charge on any atom is 0.224 e. The first kappa shape index (κ1) is 13.8. The second-order valence-corrected chi connectivity index (χ2v) is 5.85. The number of hydrogen-bond acceptors (Lipinski definition) is 6. The summed E-state index contributed by atoms with van der Waals surface area (Å²) in [6.45, 7) is 1.13. The van der Waals surface area contributed by atoms with E-state index in [1.54, 1.807) is 0 Å². The van der Waals surface area contributed by atoms with Crippen LogP contribution in [0.1, 0.15) is 11.1 Å². The Morgan fingerprint density at radius 2 is 1.95 bits per heavy atom. The molecule has 2 N–H and O–H groups in total. The second-order valence-electron chi connectivity index (χ2n) is 5.04. The minimum atomic E-state index is 0.120. The number of hydrogen-bond donors (Lipinski definition) is 2. The molecule has 0 bridgehead atoms. The van der Waals surface area contributed by atoms with Crippen LogP contribution in [0.25, 0.3) is 22.2 Å². The summed E-state index contributed by atoms with van der Waals surface area (Å²) in [6, 6.07) is 7.93. The number of aromatic nitrogens is 3. The number of nitrogens with zero attached hydrogens (tertiary/aromatic N) is 3. The smallest absolute Gasteiger partial charge is 0.224 e. The van der Waals surface area contributed by atoms with Crippen molar-refractivity contribution in [1.29, 1.82) is 0 Å². The molecule has 0 radical (unpaired) electrons. The minimum Gasteiger partial charge on any atom is -0.372 e. The Kier molecular flexibility index (Phi) is 3.18. The Balaban J connectivity index is 2.11. The molecular formula is C15H11ClN4OS. The molecule has 1 aliphatic heterocycles. The number of ether oxygens (including phenoxy) is 1. The van der Waals surface area contributed by atoms with E-state index in [0.29, 0.717) is 24.1 Å². The summed E-state index contributed by atoms with van der Waals surface area (Å²) in [7, 11) is 0. The molecule has 0 aliphatic carbocycles. The van der Waals surface area contributed by atoms with Crippen molar-refractivity contribution in [3.63, 3.8) is 0 Å². The molecule has 2 heterocycles. The summed E-state index contributed by atoms with van der Waals surface area (Å²) in [5.41, 5.74) is 8.66. The van der Waals surface area contributed by atoms with Crippen molar-refractivity contribution >= 4 is 41.0 Å². The number of thiol groups is 1. The predicted octanol–water partition coefficient (Wildman–Crippen LogP) is 3.25. The van der Waals surface area contributed by atoms with Crippen molar-refractivity contribution in [1.82, 2.24) is 15.0 Å². The quantitative estimate of drug-likeness (QED) is 0.670. The average Bonchev–Trinajstić information content (AvgIpc) is 2.46. The predicted molar refractivity (Wildman–Crippen MR) is 87.9 cm³/mol. The van der Waals surface area contributed by atoms with Crippen LogP contribution in [0.2, 0.25) is 5.02 Å². The summed E-state index contributed by atoms with van der Waals surface area (Å²) in [4.78, 5) is 12.4. The summed E-state index contributed by atoms with van der Waals surface area (Å²) in [5, 5.41) is 2.96. The lowest BCUT2D eigenvalue weighted by Gasteiger charge is -2.20. The van der Waals surface area contributed by atoms with Gasteiger partial charge in [0.25, 0.3) is 0 Å². The molecule has 1 aliphatic rings. The van der Waals surface area contributed by atoms with Crippen LogP contribution in [-0.4, -0.2) is 15.0 Å². The van der Waals surface area contributed by atoms with Crippen LogP contribution >= 0.6 is 24.2 Å². The van der Waals surface area contributed by atoms with E-state index in [1.807, 2.05) is 18.2 Å². The van der Waals surface area contributed by atoms with Crippen LogP contribution in [0.5, 0.6) is 0 Å². The third-order valence-corrected chi connectivity index (χ3v) is 4.16. The Morgan fingerprint density at radius 3 is 2.77 bits per heavy atom. The number of rotatable bonds is 1. The first-order valence-electron chi connectivity index (χ1n) is 6.65. The minimum absolute atomic E-state index is 0.120. The summed E-state index contributed by atoms with van der Waals surface area (Å²) < 4.78 is 5.59. The van der Waals surface area contributed by atoms with Crippen molar-refractivity contribution < 1.29 is 4.74 Å². The van der Waals surface area contributed by atoms with Gasteiger partial charge in [0.15, 0.2) is 11.0 Å². The van der Waals surface area contributed by atoms with Crippen molar-refractivity contribution in [2.75, 3.05) is 5.73 Å². The van der Waals surface area contributed by atoms with Crippen LogP contribution in [0.15, 0.2) is 29.4 Å². The SMILES string of the molecule is Nc1nc(S)nc(-c2c(Cl)cc3c4c(cccc24)COC3)n1. The number of benzene rings is 2. The molecule has 0 unspecified atom stereocenters. The highest BCUT2D eigenvalue weighted by molar-refractivity contribution is 7.80. The molecule has 3 aromatic rings. The van der Waals surface area contributed by atoms with Gasteiger partial charge in [0.05, 0.1) is 18.2 Å². The van der Waals surface area contributed by atoms with E-state index in [0.717, 1.165) is 27.5 Å². The third kappa shape index (κ3) is 2.11. The van der Waals surface area contributed by atoms with E-state index in [-0.39, 0.29) is 11.1 Å². The monoisotopic (exact) mass is 330 g/mol. The molecule has 0 saturated heterocycles. The summed E-state index contributed by atoms with van der Waals surface area (Å²) >= 11 is 10.6. The van der Waals surface area contributed by atoms with E-state index in [1.165, 1.54) is 0 Å². The first-order chi connectivity index (χ1) is 10.6. The maximum absolute atomic E-state index is 6.48. The molecular weight excluding hydrogens is 320 g/mol. The fourth-order valence-electron chi connectivity index (χ4n) is 2.84. The Bertz CT molecular complexity index is 895. The lowest BCUT2D eigenvalue weighted by Crippen LogP contribution is -2.06. The van der Waals surface area contributed by atoms with Gasteiger partial charge < -0.3 is 10.5 Å². The van der Waals surface area contributed by atoms with Crippen LogP contribution in [0.4, 0.5) is 5.95 Å². The zero-order valence-corrected chi connectivity index (χ0v) is 13.0. The van der Waals surface area contributed by atoms with E-state index in [9.17, 15) is 0 Å². The number of halogens is 1. The van der Waals surface area contributed by atoms with Gasteiger partial charge in [-0.05, 0) is 28.0 Å². The number of anilines is 1. The van der Waals surface area contributed by atoms with E-state index >= 15 is 0 Å². The molecule has 0 saturated carbocycles. The lowest BCUT2D eigenvalue weighted by molar-refractivity contribution is 0.103. The van der Waals surface area contributed by atoms with Crippen molar-refractivity contribution in [2.45, 2.75) is 18.4 Å². The van der Waals surface area contributed by atoms with Gasteiger partial charge >= 0.3 is 0 Å². The lowest BCUT2D eigenvalue weighted by atomic mass is 9.94.